The molecule has 8 heteroatoms. The Hall–Kier alpha value is -1.50. The molecule has 0 atom stereocenters. The normalized spacial score (nSPS) is 11.3. The van der Waals surface area contributed by atoms with Crippen LogP contribution in [0.1, 0.15) is 17.0 Å². The fourth-order valence-corrected chi connectivity index (χ4v) is 1.28. The van der Waals surface area contributed by atoms with Crippen molar-refractivity contribution >= 4 is 17.7 Å². The van der Waals surface area contributed by atoms with Gasteiger partial charge in [0.15, 0.2) is 0 Å². The third-order valence-electron chi connectivity index (χ3n) is 1.81. The summed E-state index contributed by atoms with van der Waals surface area (Å²) in [4.78, 5) is 13.6. The molecule has 0 saturated heterocycles. The summed E-state index contributed by atoms with van der Waals surface area (Å²) in [6.45, 7) is -0.231. The SMILES string of the molecule is O=C(O)NCc1cc(CCl)nc(C(F)(F)F)c1. The van der Waals surface area contributed by atoms with Crippen molar-refractivity contribution in [1.29, 1.82) is 0 Å². The summed E-state index contributed by atoms with van der Waals surface area (Å²) in [5.74, 6) is -0.177. The van der Waals surface area contributed by atoms with Gasteiger partial charge in [0, 0.05) is 6.54 Å². The third kappa shape index (κ3) is 4.10. The van der Waals surface area contributed by atoms with E-state index in [1.54, 1.807) is 0 Å². The van der Waals surface area contributed by atoms with Crippen LogP contribution in [0.4, 0.5) is 18.0 Å². The summed E-state index contributed by atoms with van der Waals surface area (Å²) in [6.07, 6.45) is -5.90. The first kappa shape index (κ1) is 13.6. The van der Waals surface area contributed by atoms with Crippen molar-refractivity contribution in [3.05, 3.63) is 29.1 Å². The molecular formula is C9H8ClF3N2O2. The molecular weight excluding hydrogens is 261 g/mol. The van der Waals surface area contributed by atoms with Crippen molar-refractivity contribution < 1.29 is 23.1 Å². The van der Waals surface area contributed by atoms with Gasteiger partial charge in [0.2, 0.25) is 0 Å². The van der Waals surface area contributed by atoms with E-state index in [2.05, 4.69) is 4.98 Å². The van der Waals surface area contributed by atoms with Crippen LogP contribution in [-0.2, 0) is 18.6 Å². The molecule has 0 aliphatic rings. The van der Waals surface area contributed by atoms with Crippen LogP contribution in [0.5, 0.6) is 0 Å². The van der Waals surface area contributed by atoms with Crippen molar-refractivity contribution in [2.45, 2.75) is 18.6 Å². The first-order valence-electron chi connectivity index (χ1n) is 4.42. The number of rotatable bonds is 3. The molecule has 1 heterocycles. The number of alkyl halides is 4. The lowest BCUT2D eigenvalue weighted by Crippen LogP contribution is -2.21. The molecule has 4 nitrogen and oxygen atoms in total. The predicted molar refractivity (Wildman–Crippen MR) is 53.7 cm³/mol. The maximum Gasteiger partial charge on any atom is 0.433 e. The molecule has 17 heavy (non-hydrogen) atoms. The number of pyridine rings is 1. The van der Waals surface area contributed by atoms with Gasteiger partial charge >= 0.3 is 12.3 Å². The number of amides is 1. The maximum absolute atomic E-state index is 12.4. The van der Waals surface area contributed by atoms with E-state index in [1.807, 2.05) is 5.32 Å². The monoisotopic (exact) mass is 268 g/mol. The number of nitrogens with zero attached hydrogens (tertiary/aromatic N) is 1. The van der Waals surface area contributed by atoms with E-state index in [1.165, 1.54) is 6.07 Å². The third-order valence-corrected chi connectivity index (χ3v) is 2.08. The minimum Gasteiger partial charge on any atom is -0.465 e. The molecule has 0 saturated carbocycles. The molecule has 0 aromatic carbocycles. The van der Waals surface area contributed by atoms with Gasteiger partial charge in [0.05, 0.1) is 11.6 Å². The van der Waals surface area contributed by atoms with Crippen LogP contribution in [0.3, 0.4) is 0 Å². The van der Waals surface area contributed by atoms with Gasteiger partial charge in [-0.3, -0.25) is 0 Å². The molecule has 0 spiro atoms. The van der Waals surface area contributed by atoms with Gasteiger partial charge in [-0.15, -0.1) is 11.6 Å². The number of nitrogens with one attached hydrogen (secondary N) is 1. The Morgan fingerprint density at radius 3 is 2.59 bits per heavy atom. The molecule has 0 aliphatic heterocycles. The Morgan fingerprint density at radius 1 is 1.47 bits per heavy atom. The van der Waals surface area contributed by atoms with Gasteiger partial charge in [0.1, 0.15) is 5.69 Å². The Morgan fingerprint density at radius 2 is 2.12 bits per heavy atom. The highest BCUT2D eigenvalue weighted by atomic mass is 35.5. The van der Waals surface area contributed by atoms with Gasteiger partial charge in [-0.1, -0.05) is 0 Å². The number of hydrogen-bond donors (Lipinski definition) is 2. The second-order valence-corrected chi connectivity index (χ2v) is 3.41. The molecule has 94 valence electrons. The average Bonchev–Trinajstić information content (AvgIpc) is 2.24. The summed E-state index contributed by atoms with van der Waals surface area (Å²) >= 11 is 5.42. The van der Waals surface area contributed by atoms with Crippen LogP contribution in [-0.4, -0.2) is 16.2 Å². The zero-order chi connectivity index (χ0) is 13.1. The molecule has 0 bridgehead atoms. The molecule has 2 N–H and O–H groups in total. The number of aromatic nitrogens is 1. The summed E-state index contributed by atoms with van der Waals surface area (Å²) < 4.78 is 37.3. The van der Waals surface area contributed by atoms with E-state index in [4.69, 9.17) is 16.7 Å². The second kappa shape index (κ2) is 5.22. The molecule has 1 aromatic heterocycles. The van der Waals surface area contributed by atoms with Crippen LogP contribution in [0.2, 0.25) is 0 Å². The first-order chi connectivity index (χ1) is 7.82. The summed E-state index contributed by atoms with van der Waals surface area (Å²) in [5.41, 5.74) is -0.883. The first-order valence-corrected chi connectivity index (χ1v) is 4.96. The minimum absolute atomic E-state index is 0.0451. The molecule has 0 unspecified atom stereocenters. The highest BCUT2D eigenvalue weighted by molar-refractivity contribution is 6.16. The van der Waals surface area contributed by atoms with Gasteiger partial charge in [-0.05, 0) is 17.7 Å². The summed E-state index contributed by atoms with van der Waals surface area (Å²) in [6, 6.07) is 2.10. The lowest BCUT2D eigenvalue weighted by atomic mass is 10.2. The molecule has 0 fully saturated rings. The van der Waals surface area contributed by atoms with Crippen LogP contribution < -0.4 is 5.32 Å². The van der Waals surface area contributed by atoms with Crippen molar-refractivity contribution in [3.8, 4) is 0 Å². The fraction of sp³-hybridized carbons (Fsp3) is 0.333. The fourth-order valence-electron chi connectivity index (χ4n) is 1.14. The van der Waals surface area contributed by atoms with E-state index in [9.17, 15) is 18.0 Å². The number of hydrogen-bond acceptors (Lipinski definition) is 2. The summed E-state index contributed by atoms with van der Waals surface area (Å²) in [5, 5.41) is 10.3. The van der Waals surface area contributed by atoms with Crippen molar-refractivity contribution in [1.82, 2.24) is 10.3 Å². The smallest absolute Gasteiger partial charge is 0.433 e. The van der Waals surface area contributed by atoms with Crippen LogP contribution in [0.25, 0.3) is 0 Å². The quantitative estimate of drug-likeness (QED) is 0.829. The van der Waals surface area contributed by atoms with Gasteiger partial charge in [-0.25, -0.2) is 9.78 Å². The Kier molecular flexibility index (Phi) is 4.17. The van der Waals surface area contributed by atoms with Crippen LogP contribution >= 0.6 is 11.6 Å². The topological polar surface area (TPSA) is 62.2 Å². The van der Waals surface area contributed by atoms with E-state index < -0.39 is 18.0 Å². The van der Waals surface area contributed by atoms with Crippen molar-refractivity contribution in [3.63, 3.8) is 0 Å². The number of halogens is 4. The lowest BCUT2D eigenvalue weighted by Gasteiger charge is -2.10. The van der Waals surface area contributed by atoms with E-state index in [0.29, 0.717) is 0 Å². The highest BCUT2D eigenvalue weighted by Crippen LogP contribution is 2.28. The van der Waals surface area contributed by atoms with Crippen LogP contribution in [0.15, 0.2) is 12.1 Å². The Bertz CT molecular complexity index is 423. The number of carbonyl (C=O) groups is 1. The zero-order valence-corrected chi connectivity index (χ0v) is 9.14. The van der Waals surface area contributed by atoms with Gasteiger partial charge < -0.3 is 10.4 Å². The zero-order valence-electron chi connectivity index (χ0n) is 8.38. The Labute approximate surface area is 99.4 Å². The van der Waals surface area contributed by atoms with Gasteiger partial charge in [-0.2, -0.15) is 13.2 Å². The predicted octanol–water partition coefficient (Wildman–Crippen LogP) is 2.61. The standard InChI is InChI=1S/C9H8ClF3N2O2/c10-3-6-1-5(4-14-8(16)17)2-7(15-6)9(11,12)13/h1-2,14H,3-4H2,(H,16,17). The maximum atomic E-state index is 12.4. The van der Waals surface area contributed by atoms with Crippen molar-refractivity contribution in [2.24, 2.45) is 0 Å². The van der Waals surface area contributed by atoms with Gasteiger partial charge in [0.25, 0.3) is 0 Å². The second-order valence-electron chi connectivity index (χ2n) is 3.14. The Balaban J connectivity index is 3.01. The molecule has 0 radical (unpaired) electrons. The molecule has 0 aliphatic carbocycles. The average molecular weight is 269 g/mol. The van der Waals surface area contributed by atoms with Crippen LogP contribution in [0, 0.1) is 0 Å². The lowest BCUT2D eigenvalue weighted by molar-refractivity contribution is -0.141. The molecule has 1 aromatic rings. The minimum atomic E-state index is -4.58. The van der Waals surface area contributed by atoms with E-state index in [0.717, 1.165) is 6.07 Å². The summed E-state index contributed by atoms with van der Waals surface area (Å²) in [7, 11) is 0. The van der Waals surface area contributed by atoms with Crippen molar-refractivity contribution in [2.75, 3.05) is 0 Å². The highest BCUT2D eigenvalue weighted by Gasteiger charge is 2.33. The molecule has 1 amide bonds. The van der Waals surface area contributed by atoms with E-state index >= 15 is 0 Å². The molecule has 1 rings (SSSR count). The number of carboxylic acid groups (broad SMARTS) is 1. The van der Waals surface area contributed by atoms with E-state index in [-0.39, 0.29) is 23.7 Å². The largest absolute Gasteiger partial charge is 0.465 e.